The lowest BCUT2D eigenvalue weighted by Crippen LogP contribution is -2.20. The molecule has 2 nitrogen and oxygen atoms in total. The number of thioether (sulfide) groups is 1. The van der Waals surface area contributed by atoms with Gasteiger partial charge in [-0.25, -0.2) is 4.39 Å². The smallest absolute Gasteiger partial charge is 0.123 e. The molecule has 0 aromatic heterocycles. The molecule has 2 rings (SSSR count). The van der Waals surface area contributed by atoms with Crippen LogP contribution in [0.25, 0.3) is 0 Å². The molecule has 0 amide bonds. The van der Waals surface area contributed by atoms with Crippen molar-refractivity contribution in [1.29, 1.82) is 0 Å². The highest BCUT2D eigenvalue weighted by Crippen LogP contribution is 2.36. The maximum absolute atomic E-state index is 13.6. The SMILES string of the molecule is CCCNC(C)c1cc(F)ccc1SC1CCOC1C. The zero-order valence-electron chi connectivity index (χ0n) is 12.5. The summed E-state index contributed by atoms with van der Waals surface area (Å²) in [6.07, 6.45) is 2.42. The Morgan fingerprint density at radius 3 is 2.95 bits per heavy atom. The molecule has 0 radical (unpaired) electrons. The van der Waals surface area contributed by atoms with Gasteiger partial charge in [-0.3, -0.25) is 0 Å². The topological polar surface area (TPSA) is 21.3 Å². The zero-order chi connectivity index (χ0) is 14.5. The fourth-order valence-corrected chi connectivity index (χ4v) is 3.79. The van der Waals surface area contributed by atoms with E-state index >= 15 is 0 Å². The van der Waals surface area contributed by atoms with Gasteiger partial charge in [0.2, 0.25) is 0 Å². The summed E-state index contributed by atoms with van der Waals surface area (Å²) in [5, 5.41) is 3.91. The quantitative estimate of drug-likeness (QED) is 0.852. The molecule has 1 N–H and O–H groups in total. The monoisotopic (exact) mass is 297 g/mol. The van der Waals surface area contributed by atoms with Crippen LogP contribution in [0.5, 0.6) is 0 Å². The molecule has 0 bridgehead atoms. The van der Waals surface area contributed by atoms with Gasteiger partial charge in [0.1, 0.15) is 5.82 Å². The van der Waals surface area contributed by atoms with Crippen LogP contribution < -0.4 is 5.32 Å². The number of rotatable bonds is 6. The third-order valence-electron chi connectivity index (χ3n) is 3.72. The second-order valence-corrected chi connectivity index (χ2v) is 6.66. The van der Waals surface area contributed by atoms with E-state index in [9.17, 15) is 4.39 Å². The van der Waals surface area contributed by atoms with Gasteiger partial charge in [0.25, 0.3) is 0 Å². The minimum absolute atomic E-state index is 0.162. The van der Waals surface area contributed by atoms with Gasteiger partial charge in [-0.1, -0.05) is 6.92 Å². The van der Waals surface area contributed by atoms with Crippen molar-refractivity contribution in [2.24, 2.45) is 0 Å². The Hall–Kier alpha value is -0.580. The van der Waals surface area contributed by atoms with Crippen LogP contribution in [0, 0.1) is 5.82 Å². The summed E-state index contributed by atoms with van der Waals surface area (Å²) in [4.78, 5) is 1.17. The number of hydrogen-bond donors (Lipinski definition) is 1. The largest absolute Gasteiger partial charge is 0.377 e. The average Bonchev–Trinajstić information content (AvgIpc) is 2.83. The minimum Gasteiger partial charge on any atom is -0.377 e. The molecule has 3 atom stereocenters. The van der Waals surface area contributed by atoms with Crippen molar-refractivity contribution in [3.05, 3.63) is 29.6 Å². The average molecular weight is 297 g/mol. The van der Waals surface area contributed by atoms with Crippen molar-refractivity contribution < 1.29 is 9.13 Å². The van der Waals surface area contributed by atoms with Gasteiger partial charge in [0, 0.05) is 22.8 Å². The molecule has 1 saturated heterocycles. The lowest BCUT2D eigenvalue weighted by molar-refractivity contribution is 0.127. The summed E-state index contributed by atoms with van der Waals surface area (Å²) in [6.45, 7) is 8.14. The first-order valence-electron chi connectivity index (χ1n) is 7.43. The molecule has 1 aromatic carbocycles. The van der Waals surface area contributed by atoms with E-state index < -0.39 is 0 Å². The molecule has 1 aromatic rings. The highest BCUT2D eigenvalue weighted by molar-refractivity contribution is 8.00. The summed E-state index contributed by atoms with van der Waals surface area (Å²) in [5.41, 5.74) is 1.06. The van der Waals surface area contributed by atoms with Gasteiger partial charge in [0.15, 0.2) is 0 Å². The number of ether oxygens (including phenoxy) is 1. The first kappa shape index (κ1) is 15.8. The van der Waals surface area contributed by atoms with E-state index in [0.717, 1.165) is 31.6 Å². The molecule has 1 heterocycles. The number of halogens is 1. The van der Waals surface area contributed by atoms with E-state index in [1.807, 2.05) is 17.8 Å². The lowest BCUT2D eigenvalue weighted by Gasteiger charge is -2.20. The second kappa shape index (κ2) is 7.43. The van der Waals surface area contributed by atoms with E-state index in [1.54, 1.807) is 12.1 Å². The van der Waals surface area contributed by atoms with Gasteiger partial charge in [0.05, 0.1) is 6.10 Å². The van der Waals surface area contributed by atoms with Crippen molar-refractivity contribution in [2.45, 2.75) is 55.9 Å². The molecule has 112 valence electrons. The van der Waals surface area contributed by atoms with Gasteiger partial charge < -0.3 is 10.1 Å². The molecule has 20 heavy (non-hydrogen) atoms. The molecule has 1 aliphatic rings. The molecular formula is C16H24FNOS. The van der Waals surface area contributed by atoms with E-state index in [0.29, 0.717) is 5.25 Å². The minimum atomic E-state index is -0.162. The predicted molar refractivity (Wildman–Crippen MR) is 82.8 cm³/mol. The summed E-state index contributed by atoms with van der Waals surface area (Å²) in [5.74, 6) is -0.162. The van der Waals surface area contributed by atoms with Crippen LogP contribution >= 0.6 is 11.8 Å². The van der Waals surface area contributed by atoms with Crippen molar-refractivity contribution in [3.63, 3.8) is 0 Å². The van der Waals surface area contributed by atoms with Gasteiger partial charge >= 0.3 is 0 Å². The van der Waals surface area contributed by atoms with Crippen molar-refractivity contribution in [3.8, 4) is 0 Å². The van der Waals surface area contributed by atoms with Crippen LogP contribution in [-0.4, -0.2) is 24.5 Å². The molecule has 3 unspecified atom stereocenters. The van der Waals surface area contributed by atoms with E-state index in [4.69, 9.17) is 4.74 Å². The maximum atomic E-state index is 13.6. The molecule has 0 spiro atoms. The summed E-state index contributed by atoms with van der Waals surface area (Å²) >= 11 is 1.82. The highest BCUT2D eigenvalue weighted by Gasteiger charge is 2.26. The van der Waals surface area contributed by atoms with E-state index in [-0.39, 0.29) is 18.0 Å². The van der Waals surface area contributed by atoms with Gasteiger partial charge in [-0.2, -0.15) is 0 Å². The molecule has 0 aliphatic carbocycles. The van der Waals surface area contributed by atoms with E-state index in [2.05, 4.69) is 26.1 Å². The fraction of sp³-hybridized carbons (Fsp3) is 0.625. The maximum Gasteiger partial charge on any atom is 0.123 e. The van der Waals surface area contributed by atoms with Crippen LogP contribution in [-0.2, 0) is 4.74 Å². The molecule has 1 aliphatic heterocycles. The normalized spacial score (nSPS) is 24.0. The number of nitrogens with one attached hydrogen (secondary N) is 1. The third-order valence-corrected chi connectivity index (χ3v) is 5.27. The van der Waals surface area contributed by atoms with E-state index in [1.165, 1.54) is 4.90 Å². The van der Waals surface area contributed by atoms with Gasteiger partial charge in [-0.05, 0) is 57.0 Å². The molecular weight excluding hydrogens is 273 g/mol. The Balaban J connectivity index is 2.14. The Morgan fingerprint density at radius 1 is 1.50 bits per heavy atom. The first-order chi connectivity index (χ1) is 9.61. The van der Waals surface area contributed by atoms with Crippen molar-refractivity contribution in [1.82, 2.24) is 5.32 Å². The van der Waals surface area contributed by atoms with Gasteiger partial charge in [-0.15, -0.1) is 11.8 Å². The first-order valence-corrected chi connectivity index (χ1v) is 8.31. The van der Waals surface area contributed by atoms with Crippen LogP contribution in [0.1, 0.15) is 45.2 Å². The van der Waals surface area contributed by atoms with Crippen LogP contribution in [0.4, 0.5) is 4.39 Å². The Morgan fingerprint density at radius 2 is 2.30 bits per heavy atom. The van der Waals surface area contributed by atoms with Crippen LogP contribution in [0.15, 0.2) is 23.1 Å². The Labute approximate surface area is 125 Å². The lowest BCUT2D eigenvalue weighted by atomic mass is 10.1. The third kappa shape index (κ3) is 3.96. The Bertz CT molecular complexity index is 440. The highest BCUT2D eigenvalue weighted by atomic mass is 32.2. The van der Waals surface area contributed by atoms with Crippen molar-refractivity contribution in [2.75, 3.05) is 13.2 Å². The van der Waals surface area contributed by atoms with Crippen LogP contribution in [0.2, 0.25) is 0 Å². The second-order valence-electron chi connectivity index (χ2n) is 5.38. The van der Waals surface area contributed by atoms with Crippen LogP contribution in [0.3, 0.4) is 0 Å². The summed E-state index contributed by atoms with van der Waals surface area (Å²) < 4.78 is 19.2. The summed E-state index contributed by atoms with van der Waals surface area (Å²) in [6, 6.07) is 5.30. The number of benzene rings is 1. The number of hydrogen-bond acceptors (Lipinski definition) is 3. The fourth-order valence-electron chi connectivity index (χ4n) is 2.47. The van der Waals surface area contributed by atoms with Crippen molar-refractivity contribution >= 4 is 11.8 Å². The predicted octanol–water partition coefficient (Wildman–Crippen LogP) is 4.16. The standard InChI is InChI=1S/C16H24FNOS/c1-4-8-18-11(2)14-10-13(17)5-6-16(14)20-15-7-9-19-12(15)3/h5-6,10-12,15,18H,4,7-9H2,1-3H3. The Kier molecular flexibility index (Phi) is 5.87. The molecule has 1 fully saturated rings. The molecule has 4 heteroatoms. The zero-order valence-corrected chi connectivity index (χ0v) is 13.3. The molecule has 0 saturated carbocycles. The summed E-state index contributed by atoms with van der Waals surface area (Å²) in [7, 11) is 0.